The van der Waals surface area contributed by atoms with Crippen molar-refractivity contribution in [3.63, 3.8) is 0 Å². The number of hydrogen-bond acceptors (Lipinski definition) is 4. The molecule has 1 aliphatic heterocycles. The summed E-state index contributed by atoms with van der Waals surface area (Å²) in [6, 6.07) is 3.91. The van der Waals surface area contributed by atoms with Gasteiger partial charge in [0, 0.05) is 12.7 Å². The first-order valence-electron chi connectivity index (χ1n) is 7.76. The van der Waals surface area contributed by atoms with E-state index >= 15 is 0 Å². The molecule has 0 spiro atoms. The van der Waals surface area contributed by atoms with E-state index in [0.717, 1.165) is 37.0 Å². The van der Waals surface area contributed by atoms with Crippen LogP contribution in [0.4, 0.5) is 0 Å². The molecule has 0 bridgehead atoms. The van der Waals surface area contributed by atoms with Crippen molar-refractivity contribution in [1.29, 1.82) is 0 Å². The van der Waals surface area contributed by atoms with Crippen LogP contribution >= 0.6 is 0 Å². The van der Waals surface area contributed by atoms with E-state index in [1.165, 1.54) is 19.3 Å². The molecule has 0 aromatic carbocycles. The molecule has 1 fully saturated rings. The highest BCUT2D eigenvalue weighted by Crippen LogP contribution is 2.25. The second-order valence-corrected chi connectivity index (χ2v) is 6.21. The summed E-state index contributed by atoms with van der Waals surface area (Å²) in [6.45, 7) is 7.65. The van der Waals surface area contributed by atoms with Gasteiger partial charge in [-0.3, -0.25) is 9.88 Å². The van der Waals surface area contributed by atoms with E-state index in [9.17, 15) is 0 Å². The molecule has 1 aromatic rings. The summed E-state index contributed by atoms with van der Waals surface area (Å²) in [5, 5.41) is 11.9. The molecule has 1 saturated heterocycles. The predicted octanol–water partition coefficient (Wildman–Crippen LogP) is 2.43. The third kappa shape index (κ3) is 4.17. The molecule has 5 nitrogen and oxygen atoms in total. The van der Waals surface area contributed by atoms with E-state index in [4.69, 9.17) is 10.9 Å². The van der Waals surface area contributed by atoms with Crippen LogP contribution in [0.25, 0.3) is 0 Å². The van der Waals surface area contributed by atoms with E-state index in [-0.39, 0.29) is 5.84 Å². The summed E-state index contributed by atoms with van der Waals surface area (Å²) in [4.78, 5) is 6.69. The molecule has 0 saturated carbocycles. The van der Waals surface area contributed by atoms with Gasteiger partial charge in [0.2, 0.25) is 0 Å². The molecule has 1 aromatic heterocycles. The van der Waals surface area contributed by atoms with Crippen molar-refractivity contribution >= 4 is 5.84 Å². The third-order valence-electron chi connectivity index (χ3n) is 4.44. The lowest BCUT2D eigenvalue weighted by atomic mass is 9.89. The summed E-state index contributed by atoms with van der Waals surface area (Å²) < 4.78 is 0. The summed E-state index contributed by atoms with van der Waals surface area (Å²) in [5.74, 6) is 1.67. The lowest BCUT2D eigenvalue weighted by Crippen LogP contribution is -2.27. The van der Waals surface area contributed by atoms with Crippen molar-refractivity contribution in [3.8, 4) is 0 Å². The van der Waals surface area contributed by atoms with Crippen molar-refractivity contribution < 1.29 is 5.21 Å². The van der Waals surface area contributed by atoms with Gasteiger partial charge in [-0.1, -0.05) is 25.1 Å². The van der Waals surface area contributed by atoms with Gasteiger partial charge in [-0.05, 0) is 55.8 Å². The van der Waals surface area contributed by atoms with Crippen LogP contribution in [-0.2, 0) is 6.54 Å². The van der Waals surface area contributed by atoms with Crippen molar-refractivity contribution in [3.05, 3.63) is 29.6 Å². The highest BCUT2D eigenvalue weighted by atomic mass is 16.4. The number of nitrogens with two attached hydrogens (primary N) is 1. The van der Waals surface area contributed by atoms with Crippen LogP contribution in [0.1, 0.15) is 44.4 Å². The Bertz CT molecular complexity index is 487. The molecule has 5 heteroatoms. The molecule has 116 valence electrons. The molecule has 1 aliphatic rings. The van der Waals surface area contributed by atoms with E-state index in [2.05, 4.69) is 28.9 Å². The number of oxime groups is 1. The quantitative estimate of drug-likeness (QED) is 0.386. The first-order valence-corrected chi connectivity index (χ1v) is 7.76. The smallest absolute Gasteiger partial charge is 0.189 e. The van der Waals surface area contributed by atoms with Crippen LogP contribution in [-0.4, -0.2) is 34.0 Å². The highest BCUT2D eigenvalue weighted by Gasteiger charge is 2.20. The maximum Gasteiger partial charge on any atom is 0.189 e. The van der Waals surface area contributed by atoms with Crippen LogP contribution < -0.4 is 5.73 Å². The van der Waals surface area contributed by atoms with Crippen molar-refractivity contribution in [1.82, 2.24) is 9.88 Å². The lowest BCUT2D eigenvalue weighted by molar-refractivity contribution is 0.264. The van der Waals surface area contributed by atoms with Gasteiger partial charge in [0.25, 0.3) is 0 Å². The van der Waals surface area contributed by atoms with E-state index < -0.39 is 0 Å². The molecule has 0 radical (unpaired) electrons. The minimum atomic E-state index is 0.0838. The Hall–Kier alpha value is -1.62. The van der Waals surface area contributed by atoms with Crippen molar-refractivity contribution in [2.45, 2.75) is 39.7 Å². The van der Waals surface area contributed by atoms with Gasteiger partial charge in [0.05, 0.1) is 0 Å². The molecule has 1 unspecified atom stereocenters. The van der Waals surface area contributed by atoms with Crippen LogP contribution in [0, 0.1) is 11.8 Å². The zero-order valence-corrected chi connectivity index (χ0v) is 13.0. The summed E-state index contributed by atoms with van der Waals surface area (Å²) in [6.07, 6.45) is 5.47. The predicted molar refractivity (Wildman–Crippen MR) is 84.2 cm³/mol. The van der Waals surface area contributed by atoms with Gasteiger partial charge < -0.3 is 10.9 Å². The number of pyridine rings is 1. The largest absolute Gasteiger partial charge is 0.409 e. The minimum Gasteiger partial charge on any atom is -0.409 e. The van der Waals surface area contributed by atoms with Gasteiger partial charge >= 0.3 is 0 Å². The first-order chi connectivity index (χ1) is 10.1. The summed E-state index contributed by atoms with van der Waals surface area (Å²) in [5.41, 5.74) is 7.32. The normalized spacial score (nSPS) is 21.5. The maximum absolute atomic E-state index is 8.87. The molecule has 1 atom stereocenters. The molecule has 2 rings (SSSR count). The van der Waals surface area contributed by atoms with Gasteiger partial charge in [-0.15, -0.1) is 0 Å². The fraction of sp³-hybridized carbons (Fsp3) is 0.625. The summed E-state index contributed by atoms with van der Waals surface area (Å²) in [7, 11) is 0. The van der Waals surface area contributed by atoms with Gasteiger partial charge in [-0.25, -0.2) is 0 Å². The minimum absolute atomic E-state index is 0.0838. The lowest BCUT2D eigenvalue weighted by Gasteiger charge is -2.22. The SMILES string of the molecule is CC(C)C1CCCN(Cc2cccnc2C(N)=NO)CC1. The van der Waals surface area contributed by atoms with E-state index in [1.807, 2.05) is 12.1 Å². The Kier molecular flexibility index (Phi) is 5.56. The Balaban J connectivity index is 2.05. The third-order valence-corrected chi connectivity index (χ3v) is 4.44. The fourth-order valence-electron chi connectivity index (χ4n) is 3.09. The molecule has 0 aliphatic carbocycles. The molecule has 21 heavy (non-hydrogen) atoms. The molecule has 0 amide bonds. The number of aromatic nitrogens is 1. The Morgan fingerprint density at radius 1 is 1.48 bits per heavy atom. The number of amidine groups is 1. The van der Waals surface area contributed by atoms with E-state index in [0.29, 0.717) is 5.69 Å². The van der Waals surface area contributed by atoms with Crippen LogP contribution in [0.3, 0.4) is 0 Å². The first kappa shape index (κ1) is 15.8. The van der Waals surface area contributed by atoms with E-state index in [1.54, 1.807) is 6.20 Å². The van der Waals surface area contributed by atoms with Gasteiger partial charge in [-0.2, -0.15) is 0 Å². The second-order valence-electron chi connectivity index (χ2n) is 6.21. The molecular weight excluding hydrogens is 264 g/mol. The fourth-order valence-corrected chi connectivity index (χ4v) is 3.09. The Labute approximate surface area is 126 Å². The Morgan fingerprint density at radius 3 is 3.00 bits per heavy atom. The van der Waals surface area contributed by atoms with Gasteiger partial charge in [0.15, 0.2) is 5.84 Å². The topological polar surface area (TPSA) is 74.7 Å². The van der Waals surface area contributed by atoms with Crippen molar-refractivity contribution in [2.24, 2.45) is 22.7 Å². The number of rotatable bonds is 4. The molecule has 3 N–H and O–H groups in total. The second kappa shape index (κ2) is 7.41. The molecule has 2 heterocycles. The Morgan fingerprint density at radius 2 is 2.29 bits per heavy atom. The average Bonchev–Trinajstić information content (AvgIpc) is 2.73. The monoisotopic (exact) mass is 290 g/mol. The highest BCUT2D eigenvalue weighted by molar-refractivity contribution is 5.96. The standard InChI is InChI=1S/C16H26N4O/c1-12(2)13-6-4-9-20(10-7-13)11-14-5-3-8-18-15(14)16(17)19-21/h3,5,8,12-13,21H,4,6-7,9-11H2,1-2H3,(H2,17,19). The summed E-state index contributed by atoms with van der Waals surface area (Å²) >= 11 is 0. The zero-order valence-electron chi connectivity index (χ0n) is 13.0. The number of likely N-dealkylation sites (tertiary alicyclic amines) is 1. The zero-order chi connectivity index (χ0) is 15.2. The van der Waals surface area contributed by atoms with Gasteiger partial charge in [0.1, 0.15) is 5.69 Å². The average molecular weight is 290 g/mol. The van der Waals surface area contributed by atoms with Crippen LogP contribution in [0.15, 0.2) is 23.5 Å². The molecular formula is C16H26N4O. The van der Waals surface area contributed by atoms with Crippen LogP contribution in [0.2, 0.25) is 0 Å². The maximum atomic E-state index is 8.87. The number of hydrogen-bond donors (Lipinski definition) is 2. The van der Waals surface area contributed by atoms with Crippen molar-refractivity contribution in [2.75, 3.05) is 13.1 Å². The number of nitrogens with zero attached hydrogens (tertiary/aromatic N) is 3. The van der Waals surface area contributed by atoms with Crippen LogP contribution in [0.5, 0.6) is 0 Å².